The van der Waals surface area contributed by atoms with Gasteiger partial charge in [0.2, 0.25) is 0 Å². The summed E-state index contributed by atoms with van der Waals surface area (Å²) < 4.78 is 33.5. The molecule has 3 aromatic carbocycles. The molecule has 1 heterocycles. The number of hydrogen-bond donors (Lipinski definition) is 1. The number of benzene rings is 3. The Morgan fingerprint density at radius 1 is 0.939 bits per heavy atom. The van der Waals surface area contributed by atoms with Crippen molar-refractivity contribution >= 4 is 28.8 Å². The van der Waals surface area contributed by atoms with Crippen LogP contribution in [0.3, 0.4) is 0 Å². The number of imide groups is 1. The standard InChI is InChI=1S/C26H22F2N2O3/c1-4-33-19-7-5-6-18(14-19)29-24-23(20-10-8-15(2)12-16(20)3)25(31)30(26(24)32)22-11-9-17(27)13-21(22)28/h5-14,29H,4H2,1-3H3. The summed E-state index contributed by atoms with van der Waals surface area (Å²) in [7, 11) is 0. The van der Waals surface area contributed by atoms with Gasteiger partial charge in [-0.3, -0.25) is 9.59 Å². The zero-order valence-electron chi connectivity index (χ0n) is 18.4. The zero-order chi connectivity index (χ0) is 23.7. The first-order chi connectivity index (χ1) is 15.8. The lowest BCUT2D eigenvalue weighted by molar-refractivity contribution is -0.120. The van der Waals surface area contributed by atoms with Gasteiger partial charge in [0.05, 0.1) is 17.9 Å². The van der Waals surface area contributed by atoms with Gasteiger partial charge in [-0.2, -0.15) is 0 Å². The monoisotopic (exact) mass is 448 g/mol. The second-order valence-electron chi connectivity index (χ2n) is 7.70. The number of aryl methyl sites for hydroxylation is 2. The van der Waals surface area contributed by atoms with Gasteiger partial charge in [-0.15, -0.1) is 0 Å². The van der Waals surface area contributed by atoms with E-state index in [4.69, 9.17) is 4.74 Å². The van der Waals surface area contributed by atoms with E-state index in [-0.39, 0.29) is 17.0 Å². The maximum atomic E-state index is 14.6. The number of rotatable bonds is 6. The van der Waals surface area contributed by atoms with Gasteiger partial charge in [0.15, 0.2) is 0 Å². The van der Waals surface area contributed by atoms with Gasteiger partial charge in [-0.25, -0.2) is 13.7 Å². The van der Waals surface area contributed by atoms with Gasteiger partial charge in [0, 0.05) is 17.8 Å². The Kier molecular flexibility index (Phi) is 5.96. The summed E-state index contributed by atoms with van der Waals surface area (Å²) in [5.41, 5.74) is 2.66. The van der Waals surface area contributed by atoms with Gasteiger partial charge >= 0.3 is 0 Å². The van der Waals surface area contributed by atoms with Crippen molar-refractivity contribution in [1.82, 2.24) is 0 Å². The molecule has 0 spiro atoms. The van der Waals surface area contributed by atoms with Gasteiger partial charge in [-0.1, -0.05) is 29.8 Å². The quantitative estimate of drug-likeness (QED) is 0.515. The third kappa shape index (κ3) is 4.22. The van der Waals surface area contributed by atoms with Gasteiger partial charge < -0.3 is 10.1 Å². The minimum absolute atomic E-state index is 0.00401. The van der Waals surface area contributed by atoms with Crippen molar-refractivity contribution in [2.24, 2.45) is 0 Å². The number of hydrogen-bond acceptors (Lipinski definition) is 4. The molecule has 0 saturated heterocycles. The number of nitrogens with one attached hydrogen (secondary N) is 1. The van der Waals surface area contributed by atoms with Crippen LogP contribution in [0.25, 0.3) is 5.57 Å². The van der Waals surface area contributed by atoms with Crippen LogP contribution < -0.4 is 15.0 Å². The van der Waals surface area contributed by atoms with Crippen molar-refractivity contribution in [3.05, 3.63) is 94.7 Å². The number of ether oxygens (including phenoxy) is 1. The van der Waals surface area contributed by atoms with Crippen LogP contribution in [0.1, 0.15) is 23.6 Å². The summed E-state index contributed by atoms with van der Waals surface area (Å²) in [6.45, 7) is 6.08. The molecule has 5 nitrogen and oxygen atoms in total. The van der Waals surface area contributed by atoms with Crippen molar-refractivity contribution in [2.75, 3.05) is 16.8 Å². The summed E-state index contributed by atoms with van der Waals surface area (Å²) in [4.78, 5) is 27.6. The molecule has 33 heavy (non-hydrogen) atoms. The van der Waals surface area contributed by atoms with Gasteiger partial charge in [0.1, 0.15) is 23.1 Å². The smallest absolute Gasteiger partial charge is 0.282 e. The van der Waals surface area contributed by atoms with Crippen molar-refractivity contribution in [2.45, 2.75) is 20.8 Å². The third-order valence-electron chi connectivity index (χ3n) is 5.30. The van der Waals surface area contributed by atoms with E-state index >= 15 is 0 Å². The molecule has 3 aromatic rings. The summed E-state index contributed by atoms with van der Waals surface area (Å²) in [6.07, 6.45) is 0. The van der Waals surface area contributed by atoms with E-state index in [2.05, 4.69) is 5.32 Å². The molecule has 1 N–H and O–H groups in total. The van der Waals surface area contributed by atoms with Crippen LogP contribution in [-0.2, 0) is 9.59 Å². The van der Waals surface area contributed by atoms with E-state index in [1.807, 2.05) is 32.9 Å². The van der Waals surface area contributed by atoms with E-state index < -0.39 is 23.4 Å². The van der Waals surface area contributed by atoms with Crippen LogP contribution in [0.2, 0.25) is 0 Å². The predicted molar refractivity (Wildman–Crippen MR) is 123 cm³/mol. The summed E-state index contributed by atoms with van der Waals surface area (Å²) in [5.74, 6) is -2.64. The predicted octanol–water partition coefficient (Wildman–Crippen LogP) is 5.38. The lowest BCUT2D eigenvalue weighted by Gasteiger charge is -2.16. The number of carbonyl (C=O) groups excluding carboxylic acids is 2. The molecule has 0 fully saturated rings. The normalized spacial score (nSPS) is 13.7. The fourth-order valence-corrected chi connectivity index (χ4v) is 3.85. The van der Waals surface area contributed by atoms with Crippen LogP contribution in [-0.4, -0.2) is 18.4 Å². The van der Waals surface area contributed by atoms with E-state index in [1.54, 1.807) is 30.3 Å². The molecule has 0 saturated carbocycles. The average molecular weight is 448 g/mol. The number of amides is 2. The Labute approximate surface area is 190 Å². The molecule has 0 bridgehead atoms. The molecular weight excluding hydrogens is 426 g/mol. The average Bonchev–Trinajstić information content (AvgIpc) is 2.99. The highest BCUT2D eigenvalue weighted by atomic mass is 19.1. The fourth-order valence-electron chi connectivity index (χ4n) is 3.85. The largest absolute Gasteiger partial charge is 0.494 e. The van der Waals surface area contributed by atoms with E-state index in [1.165, 1.54) is 0 Å². The van der Waals surface area contributed by atoms with Crippen molar-refractivity contribution in [3.63, 3.8) is 0 Å². The van der Waals surface area contributed by atoms with Gasteiger partial charge in [0.25, 0.3) is 11.8 Å². The number of carbonyl (C=O) groups is 2. The zero-order valence-corrected chi connectivity index (χ0v) is 18.4. The molecular formula is C26H22F2N2O3. The van der Waals surface area contributed by atoms with Crippen LogP contribution in [0.15, 0.2) is 66.4 Å². The molecule has 0 unspecified atom stereocenters. The Bertz CT molecular complexity index is 1300. The molecule has 168 valence electrons. The van der Waals surface area contributed by atoms with Crippen LogP contribution in [0.5, 0.6) is 5.75 Å². The molecule has 1 aliphatic heterocycles. The highest BCUT2D eigenvalue weighted by Crippen LogP contribution is 2.36. The highest BCUT2D eigenvalue weighted by molar-refractivity contribution is 6.46. The SMILES string of the molecule is CCOc1cccc(NC2=C(c3ccc(C)cc3C)C(=O)N(c3ccc(F)cc3F)C2=O)c1. The second-order valence-corrected chi connectivity index (χ2v) is 7.70. The number of nitrogens with zero attached hydrogens (tertiary/aromatic N) is 1. The molecule has 0 atom stereocenters. The van der Waals surface area contributed by atoms with E-state index in [0.717, 1.165) is 28.2 Å². The van der Waals surface area contributed by atoms with E-state index in [0.29, 0.717) is 29.7 Å². The number of halogens is 2. The van der Waals surface area contributed by atoms with Crippen molar-refractivity contribution < 1.29 is 23.1 Å². The van der Waals surface area contributed by atoms with Crippen molar-refractivity contribution in [3.8, 4) is 5.75 Å². The Hall–Kier alpha value is -4.00. The maximum Gasteiger partial charge on any atom is 0.282 e. The number of anilines is 2. The first-order valence-electron chi connectivity index (χ1n) is 10.5. The molecule has 0 aliphatic carbocycles. The van der Waals surface area contributed by atoms with Crippen LogP contribution in [0.4, 0.5) is 20.2 Å². The van der Waals surface area contributed by atoms with E-state index in [9.17, 15) is 18.4 Å². The fraction of sp³-hybridized carbons (Fsp3) is 0.154. The molecule has 1 aliphatic rings. The molecule has 4 rings (SSSR count). The molecule has 7 heteroatoms. The maximum absolute atomic E-state index is 14.6. The Morgan fingerprint density at radius 2 is 1.73 bits per heavy atom. The lowest BCUT2D eigenvalue weighted by Crippen LogP contribution is -2.33. The first kappa shape index (κ1) is 22.2. The minimum Gasteiger partial charge on any atom is -0.494 e. The summed E-state index contributed by atoms with van der Waals surface area (Å²) >= 11 is 0. The second kappa shape index (κ2) is 8.86. The van der Waals surface area contributed by atoms with Crippen molar-refractivity contribution in [1.29, 1.82) is 0 Å². The Balaban J connectivity index is 1.85. The lowest BCUT2D eigenvalue weighted by atomic mass is 9.97. The first-order valence-corrected chi connectivity index (χ1v) is 10.5. The Morgan fingerprint density at radius 3 is 2.42 bits per heavy atom. The highest BCUT2D eigenvalue weighted by Gasteiger charge is 2.41. The summed E-state index contributed by atoms with van der Waals surface area (Å²) in [5, 5.41) is 3.03. The molecule has 0 aromatic heterocycles. The molecule has 2 amide bonds. The van der Waals surface area contributed by atoms with Crippen LogP contribution in [0, 0.1) is 25.5 Å². The third-order valence-corrected chi connectivity index (χ3v) is 5.30. The van der Waals surface area contributed by atoms with Crippen LogP contribution >= 0.6 is 0 Å². The topological polar surface area (TPSA) is 58.6 Å². The molecule has 0 radical (unpaired) electrons. The van der Waals surface area contributed by atoms with Gasteiger partial charge in [-0.05, 0) is 56.2 Å². The minimum atomic E-state index is -1.00. The summed E-state index contributed by atoms with van der Waals surface area (Å²) in [6, 6.07) is 15.2.